The van der Waals surface area contributed by atoms with Gasteiger partial charge in [-0.1, -0.05) is 6.92 Å². The van der Waals surface area contributed by atoms with Crippen LogP contribution in [0.5, 0.6) is 0 Å². The lowest BCUT2D eigenvalue weighted by molar-refractivity contribution is -0.384. The van der Waals surface area contributed by atoms with E-state index in [4.69, 9.17) is 0 Å². The van der Waals surface area contributed by atoms with Crippen molar-refractivity contribution in [2.24, 2.45) is 0 Å². The SMILES string of the molecule is CCCNC=CC(=O)c1ccc([N+](=O)[O-])cc1. The van der Waals surface area contributed by atoms with Crippen LogP contribution >= 0.6 is 0 Å². The highest BCUT2D eigenvalue weighted by molar-refractivity contribution is 6.04. The quantitative estimate of drug-likeness (QED) is 0.269. The Labute approximate surface area is 99.3 Å². The maximum atomic E-state index is 11.6. The summed E-state index contributed by atoms with van der Waals surface area (Å²) in [6.45, 7) is 2.84. The minimum Gasteiger partial charge on any atom is -0.391 e. The van der Waals surface area contributed by atoms with Crippen LogP contribution in [0.15, 0.2) is 36.5 Å². The zero-order valence-electron chi connectivity index (χ0n) is 9.55. The van der Waals surface area contributed by atoms with Gasteiger partial charge in [0.05, 0.1) is 4.92 Å². The Hall–Kier alpha value is -2.17. The van der Waals surface area contributed by atoms with Gasteiger partial charge < -0.3 is 5.32 Å². The van der Waals surface area contributed by atoms with Crippen LogP contribution in [0.25, 0.3) is 0 Å². The van der Waals surface area contributed by atoms with Gasteiger partial charge in [-0.2, -0.15) is 0 Å². The maximum absolute atomic E-state index is 11.6. The van der Waals surface area contributed by atoms with Crippen molar-refractivity contribution in [2.45, 2.75) is 13.3 Å². The van der Waals surface area contributed by atoms with Gasteiger partial charge in [-0.25, -0.2) is 0 Å². The molecule has 0 radical (unpaired) electrons. The number of hydrogen-bond acceptors (Lipinski definition) is 4. The monoisotopic (exact) mass is 234 g/mol. The third-order valence-electron chi connectivity index (χ3n) is 2.11. The highest BCUT2D eigenvalue weighted by Gasteiger charge is 2.06. The molecule has 0 aliphatic rings. The molecule has 0 aromatic heterocycles. The van der Waals surface area contributed by atoms with Crippen molar-refractivity contribution in [3.05, 3.63) is 52.2 Å². The Kier molecular flexibility index (Phi) is 4.87. The smallest absolute Gasteiger partial charge is 0.269 e. The summed E-state index contributed by atoms with van der Waals surface area (Å²) in [5.74, 6) is -0.177. The van der Waals surface area contributed by atoms with Crippen molar-refractivity contribution < 1.29 is 9.72 Å². The van der Waals surface area contributed by atoms with Crippen LogP contribution in [0.4, 0.5) is 5.69 Å². The minimum absolute atomic E-state index is 0.0189. The van der Waals surface area contributed by atoms with Gasteiger partial charge in [0.25, 0.3) is 5.69 Å². The van der Waals surface area contributed by atoms with Crippen LogP contribution < -0.4 is 5.32 Å². The second-order valence-electron chi connectivity index (χ2n) is 3.46. The molecular formula is C12H14N2O3. The molecule has 17 heavy (non-hydrogen) atoms. The summed E-state index contributed by atoms with van der Waals surface area (Å²) in [6.07, 6.45) is 3.99. The van der Waals surface area contributed by atoms with Gasteiger partial charge in [-0.3, -0.25) is 14.9 Å². The van der Waals surface area contributed by atoms with Gasteiger partial charge in [0.15, 0.2) is 5.78 Å². The number of benzene rings is 1. The molecule has 1 aromatic rings. The molecular weight excluding hydrogens is 220 g/mol. The molecule has 0 heterocycles. The number of nitrogens with zero attached hydrogens (tertiary/aromatic N) is 1. The van der Waals surface area contributed by atoms with Crippen LogP contribution in [0, 0.1) is 10.1 Å². The molecule has 1 aromatic carbocycles. The number of allylic oxidation sites excluding steroid dienone is 1. The van der Waals surface area contributed by atoms with Crippen molar-refractivity contribution in [1.29, 1.82) is 0 Å². The van der Waals surface area contributed by atoms with E-state index in [2.05, 4.69) is 5.32 Å². The number of hydrogen-bond donors (Lipinski definition) is 1. The molecule has 0 aliphatic carbocycles. The van der Waals surface area contributed by atoms with E-state index in [0.717, 1.165) is 13.0 Å². The van der Waals surface area contributed by atoms with Gasteiger partial charge in [0.2, 0.25) is 0 Å². The lowest BCUT2D eigenvalue weighted by Crippen LogP contribution is -2.06. The van der Waals surface area contributed by atoms with Crippen molar-refractivity contribution in [2.75, 3.05) is 6.54 Å². The highest BCUT2D eigenvalue weighted by Crippen LogP contribution is 2.12. The third-order valence-corrected chi connectivity index (χ3v) is 2.11. The number of nitro groups is 1. The summed E-state index contributed by atoms with van der Waals surface area (Å²) < 4.78 is 0. The molecule has 5 heteroatoms. The fraction of sp³-hybridized carbons (Fsp3) is 0.250. The maximum Gasteiger partial charge on any atom is 0.269 e. The summed E-state index contributed by atoms with van der Waals surface area (Å²) in [6, 6.07) is 5.54. The average Bonchev–Trinajstić information content (AvgIpc) is 2.34. The van der Waals surface area contributed by atoms with Crippen LogP contribution in [-0.2, 0) is 0 Å². The molecule has 0 saturated heterocycles. The number of nitrogens with one attached hydrogen (secondary N) is 1. The number of nitro benzene ring substituents is 1. The second kappa shape index (κ2) is 6.42. The molecule has 0 fully saturated rings. The molecule has 0 unspecified atom stereocenters. The number of carbonyl (C=O) groups excluding carboxylic acids is 1. The number of non-ortho nitro benzene ring substituents is 1. The number of carbonyl (C=O) groups is 1. The standard InChI is InChI=1S/C12H14N2O3/c1-2-8-13-9-7-12(15)10-3-5-11(6-4-10)14(16)17/h3-7,9,13H,2,8H2,1H3. The second-order valence-corrected chi connectivity index (χ2v) is 3.46. The van der Waals surface area contributed by atoms with Crippen molar-refractivity contribution in [1.82, 2.24) is 5.32 Å². The summed E-state index contributed by atoms with van der Waals surface area (Å²) in [7, 11) is 0. The zero-order valence-corrected chi connectivity index (χ0v) is 9.55. The minimum atomic E-state index is -0.493. The number of rotatable bonds is 6. The Morgan fingerprint density at radius 2 is 2.06 bits per heavy atom. The van der Waals surface area contributed by atoms with Gasteiger partial charge in [0, 0.05) is 36.5 Å². The Morgan fingerprint density at radius 1 is 1.41 bits per heavy atom. The van der Waals surface area contributed by atoms with Crippen LogP contribution in [-0.4, -0.2) is 17.3 Å². The predicted octanol–water partition coefficient (Wildman–Crippen LogP) is 2.29. The molecule has 1 N–H and O–H groups in total. The summed E-state index contributed by atoms with van der Waals surface area (Å²) in [4.78, 5) is 21.5. The molecule has 0 saturated carbocycles. The lowest BCUT2D eigenvalue weighted by Gasteiger charge is -1.97. The molecule has 5 nitrogen and oxygen atoms in total. The van der Waals surface area contributed by atoms with Crippen LogP contribution in [0.1, 0.15) is 23.7 Å². The lowest BCUT2D eigenvalue weighted by atomic mass is 10.1. The zero-order chi connectivity index (χ0) is 12.7. The molecule has 0 spiro atoms. The van der Waals surface area contributed by atoms with Crippen LogP contribution in [0.2, 0.25) is 0 Å². The van der Waals surface area contributed by atoms with E-state index in [-0.39, 0.29) is 11.5 Å². The average molecular weight is 234 g/mol. The van der Waals surface area contributed by atoms with E-state index in [9.17, 15) is 14.9 Å². The Morgan fingerprint density at radius 3 is 2.59 bits per heavy atom. The van der Waals surface area contributed by atoms with Gasteiger partial charge >= 0.3 is 0 Å². The van der Waals surface area contributed by atoms with E-state index < -0.39 is 4.92 Å². The van der Waals surface area contributed by atoms with E-state index in [1.807, 2.05) is 6.92 Å². The summed E-state index contributed by atoms with van der Waals surface area (Å²) in [5, 5.41) is 13.4. The molecule has 0 atom stereocenters. The normalized spacial score (nSPS) is 10.4. The highest BCUT2D eigenvalue weighted by atomic mass is 16.6. The Bertz CT molecular complexity index is 424. The first kappa shape index (κ1) is 12.9. The van der Waals surface area contributed by atoms with Crippen molar-refractivity contribution in [3.8, 4) is 0 Å². The molecule has 90 valence electrons. The van der Waals surface area contributed by atoms with E-state index in [1.165, 1.54) is 30.3 Å². The molecule has 1 rings (SSSR count). The van der Waals surface area contributed by atoms with Crippen molar-refractivity contribution in [3.63, 3.8) is 0 Å². The van der Waals surface area contributed by atoms with Crippen LogP contribution in [0.3, 0.4) is 0 Å². The van der Waals surface area contributed by atoms with Gasteiger partial charge in [0.1, 0.15) is 0 Å². The van der Waals surface area contributed by atoms with Gasteiger partial charge in [-0.15, -0.1) is 0 Å². The first-order valence-corrected chi connectivity index (χ1v) is 5.34. The molecule has 0 bridgehead atoms. The first-order valence-electron chi connectivity index (χ1n) is 5.34. The fourth-order valence-electron chi connectivity index (χ4n) is 1.21. The molecule has 0 amide bonds. The van der Waals surface area contributed by atoms with Crippen molar-refractivity contribution >= 4 is 11.5 Å². The summed E-state index contributed by atoms with van der Waals surface area (Å²) in [5.41, 5.74) is 0.416. The predicted molar refractivity (Wildman–Crippen MR) is 64.9 cm³/mol. The number of ketones is 1. The van der Waals surface area contributed by atoms with E-state index in [0.29, 0.717) is 5.56 Å². The third kappa shape index (κ3) is 4.06. The Balaban J connectivity index is 2.63. The topological polar surface area (TPSA) is 72.2 Å². The van der Waals surface area contributed by atoms with E-state index in [1.54, 1.807) is 6.20 Å². The largest absolute Gasteiger partial charge is 0.391 e. The van der Waals surface area contributed by atoms with Gasteiger partial charge in [-0.05, 0) is 18.6 Å². The molecule has 0 aliphatic heterocycles. The summed E-state index contributed by atoms with van der Waals surface area (Å²) >= 11 is 0. The van der Waals surface area contributed by atoms with E-state index >= 15 is 0 Å². The fourth-order valence-corrected chi connectivity index (χ4v) is 1.21. The first-order chi connectivity index (χ1) is 8.15.